The number of anilines is 1. The Morgan fingerprint density at radius 2 is 2.31 bits per heavy atom. The van der Waals surface area contributed by atoms with Crippen molar-refractivity contribution in [2.45, 2.75) is 13.0 Å². The molecule has 4 heteroatoms. The van der Waals surface area contributed by atoms with Crippen molar-refractivity contribution >= 4 is 5.82 Å². The van der Waals surface area contributed by atoms with E-state index in [-0.39, 0.29) is 6.04 Å². The third kappa shape index (κ3) is 1.62. The van der Waals surface area contributed by atoms with Crippen LogP contribution in [0, 0.1) is 5.92 Å². The Kier molecular flexibility index (Phi) is 2.14. The third-order valence-corrected chi connectivity index (χ3v) is 2.54. The van der Waals surface area contributed by atoms with Crippen LogP contribution in [0.2, 0.25) is 0 Å². The Bertz CT molecular complexity index is 264. The monoisotopic (exact) mass is 178 g/mol. The summed E-state index contributed by atoms with van der Waals surface area (Å²) in [4.78, 5) is 10.5. The van der Waals surface area contributed by atoms with Gasteiger partial charge in [-0.3, -0.25) is 4.98 Å². The van der Waals surface area contributed by atoms with Crippen molar-refractivity contribution < 1.29 is 0 Å². The van der Waals surface area contributed by atoms with Crippen molar-refractivity contribution in [1.29, 1.82) is 0 Å². The minimum atomic E-state index is 0.266. The normalized spacial score (nSPS) is 28.0. The topological polar surface area (TPSA) is 55.0 Å². The van der Waals surface area contributed by atoms with Crippen LogP contribution in [0.1, 0.15) is 6.92 Å². The summed E-state index contributed by atoms with van der Waals surface area (Å²) in [6.07, 6.45) is 5.18. The van der Waals surface area contributed by atoms with E-state index in [1.165, 1.54) is 0 Å². The molecule has 0 aromatic carbocycles. The molecule has 2 heterocycles. The number of aromatic nitrogens is 2. The van der Waals surface area contributed by atoms with Gasteiger partial charge in [-0.2, -0.15) is 0 Å². The highest BCUT2D eigenvalue weighted by Gasteiger charge is 2.27. The van der Waals surface area contributed by atoms with Gasteiger partial charge in [-0.15, -0.1) is 0 Å². The van der Waals surface area contributed by atoms with E-state index >= 15 is 0 Å². The second-order valence-corrected chi connectivity index (χ2v) is 3.61. The quantitative estimate of drug-likeness (QED) is 0.670. The van der Waals surface area contributed by atoms with Crippen molar-refractivity contribution in [2.75, 3.05) is 18.0 Å². The van der Waals surface area contributed by atoms with Gasteiger partial charge in [0.2, 0.25) is 0 Å². The fourth-order valence-electron chi connectivity index (χ4n) is 1.63. The molecule has 2 N–H and O–H groups in total. The molecule has 13 heavy (non-hydrogen) atoms. The maximum atomic E-state index is 5.92. The summed E-state index contributed by atoms with van der Waals surface area (Å²) < 4.78 is 0. The molecule has 4 nitrogen and oxygen atoms in total. The molecular weight excluding hydrogens is 164 g/mol. The van der Waals surface area contributed by atoms with Crippen LogP contribution in [0.25, 0.3) is 0 Å². The molecule has 0 amide bonds. The van der Waals surface area contributed by atoms with E-state index in [9.17, 15) is 0 Å². The van der Waals surface area contributed by atoms with E-state index in [0.29, 0.717) is 5.92 Å². The Hall–Kier alpha value is -1.16. The first kappa shape index (κ1) is 8.44. The molecule has 0 saturated carbocycles. The van der Waals surface area contributed by atoms with E-state index < -0.39 is 0 Å². The van der Waals surface area contributed by atoms with Gasteiger partial charge in [0.15, 0.2) is 0 Å². The van der Waals surface area contributed by atoms with Gasteiger partial charge in [0.05, 0.1) is 6.20 Å². The van der Waals surface area contributed by atoms with E-state index in [2.05, 4.69) is 21.8 Å². The Labute approximate surface area is 77.8 Å². The maximum absolute atomic E-state index is 5.92. The predicted octanol–water partition coefficient (Wildman–Crippen LogP) is 0.260. The predicted molar refractivity (Wildman–Crippen MR) is 51.4 cm³/mol. The summed E-state index contributed by atoms with van der Waals surface area (Å²) in [6.45, 7) is 4.04. The first-order valence-electron chi connectivity index (χ1n) is 4.54. The zero-order valence-electron chi connectivity index (χ0n) is 7.72. The Balaban J connectivity index is 2.12. The first-order chi connectivity index (χ1) is 6.27. The number of nitrogens with two attached hydrogens (primary N) is 1. The lowest BCUT2D eigenvalue weighted by Crippen LogP contribution is -2.28. The lowest BCUT2D eigenvalue weighted by molar-refractivity contribution is 0.566. The zero-order chi connectivity index (χ0) is 9.26. The number of hydrogen-bond donors (Lipinski definition) is 1. The molecule has 1 aliphatic heterocycles. The maximum Gasteiger partial charge on any atom is 0.147 e. The second-order valence-electron chi connectivity index (χ2n) is 3.61. The molecule has 1 saturated heterocycles. The molecule has 2 atom stereocenters. The van der Waals surface area contributed by atoms with Crippen LogP contribution >= 0.6 is 0 Å². The van der Waals surface area contributed by atoms with Gasteiger partial charge in [-0.05, 0) is 5.92 Å². The number of nitrogens with zero attached hydrogens (tertiary/aromatic N) is 3. The molecule has 1 aliphatic rings. The number of rotatable bonds is 1. The molecule has 1 aromatic rings. The highest BCUT2D eigenvalue weighted by atomic mass is 15.2. The van der Waals surface area contributed by atoms with Crippen molar-refractivity contribution in [3.05, 3.63) is 18.6 Å². The molecule has 1 aromatic heterocycles. The largest absolute Gasteiger partial charge is 0.353 e. The Morgan fingerprint density at radius 1 is 1.46 bits per heavy atom. The van der Waals surface area contributed by atoms with Crippen molar-refractivity contribution in [2.24, 2.45) is 11.7 Å². The van der Waals surface area contributed by atoms with Gasteiger partial charge in [-0.25, -0.2) is 4.98 Å². The van der Waals surface area contributed by atoms with Crippen LogP contribution in [0.3, 0.4) is 0 Å². The highest BCUT2D eigenvalue weighted by Crippen LogP contribution is 2.19. The van der Waals surface area contributed by atoms with Crippen LogP contribution in [-0.2, 0) is 0 Å². The summed E-state index contributed by atoms with van der Waals surface area (Å²) in [7, 11) is 0. The van der Waals surface area contributed by atoms with Crippen LogP contribution in [0.5, 0.6) is 0 Å². The average molecular weight is 178 g/mol. The van der Waals surface area contributed by atoms with Gasteiger partial charge in [0.25, 0.3) is 0 Å². The molecule has 70 valence electrons. The Morgan fingerprint density at radius 3 is 2.85 bits per heavy atom. The van der Waals surface area contributed by atoms with E-state index in [1.807, 2.05) is 0 Å². The van der Waals surface area contributed by atoms with E-state index in [4.69, 9.17) is 5.73 Å². The summed E-state index contributed by atoms with van der Waals surface area (Å²) in [5.74, 6) is 1.48. The highest BCUT2D eigenvalue weighted by molar-refractivity contribution is 5.37. The number of hydrogen-bond acceptors (Lipinski definition) is 4. The van der Waals surface area contributed by atoms with Crippen molar-refractivity contribution in [3.8, 4) is 0 Å². The first-order valence-corrected chi connectivity index (χ1v) is 4.54. The standard InChI is InChI=1S/C9H14N4/c1-7-5-13(6-8(7)10)9-4-11-2-3-12-9/h2-4,7-8H,5-6,10H2,1H3. The van der Waals surface area contributed by atoms with Gasteiger partial charge in [0, 0.05) is 31.5 Å². The molecule has 0 bridgehead atoms. The van der Waals surface area contributed by atoms with Crippen molar-refractivity contribution in [3.63, 3.8) is 0 Å². The summed E-state index contributed by atoms with van der Waals surface area (Å²) in [5, 5.41) is 0. The van der Waals surface area contributed by atoms with E-state index in [0.717, 1.165) is 18.9 Å². The minimum Gasteiger partial charge on any atom is -0.353 e. The lowest BCUT2D eigenvalue weighted by Gasteiger charge is -2.15. The zero-order valence-corrected chi connectivity index (χ0v) is 7.72. The average Bonchev–Trinajstić information content (AvgIpc) is 2.49. The van der Waals surface area contributed by atoms with Crippen molar-refractivity contribution in [1.82, 2.24) is 9.97 Å². The SMILES string of the molecule is CC1CN(c2cnccn2)CC1N. The molecular formula is C9H14N4. The molecule has 2 unspecified atom stereocenters. The van der Waals surface area contributed by atoms with Crippen LogP contribution in [-0.4, -0.2) is 29.1 Å². The minimum absolute atomic E-state index is 0.266. The molecule has 2 rings (SSSR count). The molecule has 0 aliphatic carbocycles. The van der Waals surface area contributed by atoms with E-state index in [1.54, 1.807) is 18.6 Å². The van der Waals surface area contributed by atoms with Crippen LogP contribution in [0.4, 0.5) is 5.82 Å². The fourth-order valence-corrected chi connectivity index (χ4v) is 1.63. The molecule has 0 spiro atoms. The molecule has 0 radical (unpaired) electrons. The van der Waals surface area contributed by atoms with Gasteiger partial charge in [-0.1, -0.05) is 6.92 Å². The second kappa shape index (κ2) is 3.30. The van der Waals surface area contributed by atoms with Gasteiger partial charge in [0.1, 0.15) is 5.82 Å². The summed E-state index contributed by atoms with van der Waals surface area (Å²) in [6, 6.07) is 0.266. The van der Waals surface area contributed by atoms with Gasteiger partial charge >= 0.3 is 0 Å². The smallest absolute Gasteiger partial charge is 0.147 e. The van der Waals surface area contributed by atoms with Crippen LogP contribution in [0.15, 0.2) is 18.6 Å². The fraction of sp³-hybridized carbons (Fsp3) is 0.556. The van der Waals surface area contributed by atoms with Gasteiger partial charge < -0.3 is 10.6 Å². The summed E-state index contributed by atoms with van der Waals surface area (Å²) >= 11 is 0. The van der Waals surface area contributed by atoms with Crippen LogP contribution < -0.4 is 10.6 Å². The molecule has 1 fully saturated rings. The lowest BCUT2D eigenvalue weighted by atomic mass is 10.1. The summed E-state index contributed by atoms with van der Waals surface area (Å²) in [5.41, 5.74) is 5.92. The third-order valence-electron chi connectivity index (χ3n) is 2.54.